The Hall–Kier alpha value is -1.26. The first-order valence-electron chi connectivity index (χ1n) is 5.77. The van der Waals surface area contributed by atoms with E-state index in [4.69, 9.17) is 5.73 Å². The van der Waals surface area contributed by atoms with E-state index in [0.29, 0.717) is 6.42 Å². The largest absolute Gasteiger partial charge is 0.403 e. The Labute approximate surface area is 116 Å². The van der Waals surface area contributed by atoms with Crippen molar-refractivity contribution < 1.29 is 13.2 Å². The minimum absolute atomic E-state index is 0. The number of aryl methyl sites for hydroxylation is 1. The van der Waals surface area contributed by atoms with Gasteiger partial charge in [0, 0.05) is 0 Å². The van der Waals surface area contributed by atoms with Crippen LogP contribution in [0.3, 0.4) is 0 Å². The lowest BCUT2D eigenvalue weighted by molar-refractivity contribution is -0.148. The van der Waals surface area contributed by atoms with Crippen LogP contribution >= 0.6 is 12.4 Å². The summed E-state index contributed by atoms with van der Waals surface area (Å²) in [5, 5.41) is 2.12. The van der Waals surface area contributed by atoms with Crippen LogP contribution in [0.25, 0.3) is 10.8 Å². The van der Waals surface area contributed by atoms with Gasteiger partial charge in [0.2, 0.25) is 0 Å². The van der Waals surface area contributed by atoms with Crippen LogP contribution in [0, 0.1) is 0 Å². The number of hydrogen-bond acceptors (Lipinski definition) is 1. The second-order valence-corrected chi connectivity index (χ2v) is 4.37. The van der Waals surface area contributed by atoms with Crippen LogP contribution in [-0.4, -0.2) is 12.2 Å². The first-order valence-corrected chi connectivity index (χ1v) is 5.77. The van der Waals surface area contributed by atoms with E-state index in [2.05, 4.69) is 0 Å². The van der Waals surface area contributed by atoms with Crippen molar-refractivity contribution in [1.29, 1.82) is 0 Å². The van der Waals surface area contributed by atoms with Crippen LogP contribution in [-0.2, 0) is 6.42 Å². The normalized spacial score (nSPS) is 13.1. The number of rotatable bonds is 3. The molecule has 0 radical (unpaired) electrons. The lowest BCUT2D eigenvalue weighted by atomic mass is 10.0. The zero-order valence-electron chi connectivity index (χ0n) is 10.2. The molecule has 0 aliphatic heterocycles. The molecule has 0 spiro atoms. The Morgan fingerprint density at radius 2 is 1.63 bits per heavy atom. The second kappa shape index (κ2) is 6.26. The molecule has 2 N–H and O–H groups in total. The van der Waals surface area contributed by atoms with Crippen LogP contribution in [0.15, 0.2) is 42.5 Å². The van der Waals surface area contributed by atoms with Gasteiger partial charge in [0.05, 0.1) is 0 Å². The summed E-state index contributed by atoms with van der Waals surface area (Å²) in [5.41, 5.74) is 5.97. The van der Waals surface area contributed by atoms with Crippen LogP contribution in [0.2, 0.25) is 0 Å². The SMILES string of the molecule is Cl.NC(CCc1ccc2ccccc2c1)C(F)(F)F. The third kappa shape index (κ3) is 4.11. The van der Waals surface area contributed by atoms with Crippen LogP contribution in [0.4, 0.5) is 13.2 Å². The first-order chi connectivity index (χ1) is 8.47. The number of hydrogen-bond donors (Lipinski definition) is 1. The fraction of sp³-hybridized carbons (Fsp3) is 0.286. The van der Waals surface area contributed by atoms with Gasteiger partial charge < -0.3 is 5.73 Å². The molecule has 1 unspecified atom stereocenters. The molecule has 1 nitrogen and oxygen atoms in total. The molecule has 0 fully saturated rings. The standard InChI is InChI=1S/C14H14F3N.ClH/c15-14(16,17)13(18)8-6-10-5-7-11-3-1-2-4-12(11)9-10;/h1-5,7,9,13H,6,8,18H2;1H. The van der Waals surface area contributed by atoms with Crippen molar-refractivity contribution in [2.24, 2.45) is 5.73 Å². The highest BCUT2D eigenvalue weighted by atomic mass is 35.5. The lowest BCUT2D eigenvalue weighted by Crippen LogP contribution is -2.37. The number of alkyl halides is 3. The van der Waals surface area contributed by atoms with Gasteiger partial charge in [-0.1, -0.05) is 42.5 Å². The highest BCUT2D eigenvalue weighted by Crippen LogP contribution is 2.23. The number of halogens is 4. The third-order valence-corrected chi connectivity index (χ3v) is 2.98. The molecule has 2 aromatic rings. The Morgan fingerprint density at radius 1 is 1.00 bits per heavy atom. The van der Waals surface area contributed by atoms with Gasteiger partial charge in [0.15, 0.2) is 0 Å². The Balaban J connectivity index is 0.00000180. The van der Waals surface area contributed by atoms with Gasteiger partial charge in [0.1, 0.15) is 6.04 Å². The van der Waals surface area contributed by atoms with Gasteiger partial charge in [-0.2, -0.15) is 13.2 Å². The summed E-state index contributed by atoms with van der Waals surface area (Å²) in [4.78, 5) is 0. The Bertz CT molecular complexity index is 539. The van der Waals surface area contributed by atoms with Gasteiger partial charge >= 0.3 is 6.18 Å². The van der Waals surface area contributed by atoms with Gasteiger partial charge in [-0.15, -0.1) is 12.4 Å². The predicted octanol–water partition coefficient (Wildman–Crippen LogP) is 4.08. The molecule has 0 aliphatic carbocycles. The fourth-order valence-corrected chi connectivity index (χ4v) is 1.88. The molecular formula is C14H15ClF3N. The number of nitrogens with two attached hydrogens (primary N) is 1. The summed E-state index contributed by atoms with van der Waals surface area (Å²) in [6, 6.07) is 11.7. The van der Waals surface area contributed by atoms with E-state index in [9.17, 15) is 13.2 Å². The van der Waals surface area contributed by atoms with E-state index < -0.39 is 12.2 Å². The molecule has 104 valence electrons. The summed E-state index contributed by atoms with van der Waals surface area (Å²) >= 11 is 0. The highest BCUT2D eigenvalue weighted by Gasteiger charge is 2.35. The first kappa shape index (κ1) is 15.8. The molecule has 19 heavy (non-hydrogen) atoms. The maximum absolute atomic E-state index is 12.3. The highest BCUT2D eigenvalue weighted by molar-refractivity contribution is 5.85. The number of fused-ring (bicyclic) bond motifs is 1. The van der Waals surface area contributed by atoms with Gasteiger partial charge in [-0.3, -0.25) is 0 Å². The van der Waals surface area contributed by atoms with Gasteiger partial charge in [-0.25, -0.2) is 0 Å². The molecule has 0 aliphatic rings. The average Bonchev–Trinajstić information content (AvgIpc) is 2.34. The van der Waals surface area contributed by atoms with Crippen molar-refractivity contribution in [3.05, 3.63) is 48.0 Å². The van der Waals surface area contributed by atoms with E-state index in [-0.39, 0.29) is 18.8 Å². The van der Waals surface area contributed by atoms with E-state index in [1.54, 1.807) is 0 Å². The van der Waals surface area contributed by atoms with E-state index >= 15 is 0 Å². The lowest BCUT2D eigenvalue weighted by Gasteiger charge is -2.15. The average molecular weight is 290 g/mol. The maximum atomic E-state index is 12.3. The van der Waals surface area contributed by atoms with Gasteiger partial charge in [-0.05, 0) is 29.2 Å². The van der Waals surface area contributed by atoms with Crippen molar-refractivity contribution >= 4 is 23.2 Å². The maximum Gasteiger partial charge on any atom is 0.403 e. The molecule has 1 atom stereocenters. The summed E-state index contributed by atoms with van der Waals surface area (Å²) in [5.74, 6) is 0. The third-order valence-electron chi connectivity index (χ3n) is 2.98. The molecular weight excluding hydrogens is 275 g/mol. The zero-order valence-corrected chi connectivity index (χ0v) is 11.0. The molecule has 0 bridgehead atoms. The molecule has 0 heterocycles. The molecule has 0 amide bonds. The van der Waals surface area contributed by atoms with Crippen molar-refractivity contribution in [3.63, 3.8) is 0 Å². The molecule has 0 saturated heterocycles. The van der Waals surface area contributed by atoms with Crippen LogP contribution in [0.1, 0.15) is 12.0 Å². The minimum Gasteiger partial charge on any atom is -0.320 e. The second-order valence-electron chi connectivity index (χ2n) is 4.37. The Morgan fingerprint density at radius 3 is 2.26 bits per heavy atom. The molecule has 2 rings (SSSR count). The summed E-state index contributed by atoms with van der Waals surface area (Å²) in [6.07, 6.45) is -4.05. The number of benzene rings is 2. The van der Waals surface area contributed by atoms with E-state index in [1.807, 2.05) is 42.5 Å². The molecule has 0 aromatic heterocycles. The topological polar surface area (TPSA) is 26.0 Å². The van der Waals surface area contributed by atoms with Gasteiger partial charge in [0.25, 0.3) is 0 Å². The van der Waals surface area contributed by atoms with Crippen LogP contribution in [0.5, 0.6) is 0 Å². The molecule has 2 aromatic carbocycles. The summed E-state index contributed by atoms with van der Waals surface area (Å²) < 4.78 is 36.8. The van der Waals surface area contributed by atoms with Crippen molar-refractivity contribution in [2.45, 2.75) is 25.1 Å². The van der Waals surface area contributed by atoms with Crippen molar-refractivity contribution in [1.82, 2.24) is 0 Å². The Kier molecular flexibility index (Phi) is 5.20. The minimum atomic E-state index is -4.31. The van der Waals surface area contributed by atoms with E-state index in [1.165, 1.54) is 0 Å². The molecule has 5 heteroatoms. The zero-order chi connectivity index (χ0) is 13.2. The van der Waals surface area contributed by atoms with Crippen LogP contribution < -0.4 is 5.73 Å². The van der Waals surface area contributed by atoms with E-state index in [0.717, 1.165) is 16.3 Å². The smallest absolute Gasteiger partial charge is 0.320 e. The fourth-order valence-electron chi connectivity index (χ4n) is 1.88. The quantitative estimate of drug-likeness (QED) is 0.905. The molecule has 0 saturated carbocycles. The summed E-state index contributed by atoms with van der Waals surface area (Å²) in [7, 11) is 0. The monoisotopic (exact) mass is 289 g/mol. The van der Waals surface area contributed by atoms with Crippen molar-refractivity contribution in [2.75, 3.05) is 0 Å². The predicted molar refractivity (Wildman–Crippen MR) is 73.5 cm³/mol. The summed E-state index contributed by atoms with van der Waals surface area (Å²) in [6.45, 7) is 0. The van der Waals surface area contributed by atoms with Crippen molar-refractivity contribution in [3.8, 4) is 0 Å².